The van der Waals surface area contributed by atoms with Gasteiger partial charge in [0.2, 0.25) is 0 Å². The van der Waals surface area contributed by atoms with E-state index in [2.05, 4.69) is 136 Å². The van der Waals surface area contributed by atoms with E-state index in [0.29, 0.717) is 11.8 Å². The maximum atomic E-state index is 4.93. The summed E-state index contributed by atoms with van der Waals surface area (Å²) in [5.74, 6) is 1.43. The molecule has 0 saturated carbocycles. The minimum absolute atomic E-state index is 0.715. The van der Waals surface area contributed by atoms with Gasteiger partial charge in [0.05, 0.1) is 0 Å². The van der Waals surface area contributed by atoms with Gasteiger partial charge in [0, 0.05) is 19.3 Å². The van der Waals surface area contributed by atoms with E-state index in [1.54, 1.807) is 0 Å². The molecule has 0 aliphatic carbocycles. The molecule has 0 nitrogen and oxygen atoms in total. The molecule has 0 N–H and O–H groups in total. The zero-order valence-electron chi connectivity index (χ0n) is 25.4. The van der Waals surface area contributed by atoms with Crippen LogP contribution in [0.25, 0.3) is 42.4 Å². The Morgan fingerprint density at radius 2 is 1.05 bits per heavy atom. The molecule has 0 aliphatic heterocycles. The normalized spacial score (nSPS) is 10.5. The first-order valence-electron chi connectivity index (χ1n) is 14.3. The summed E-state index contributed by atoms with van der Waals surface area (Å²) in [4.78, 5) is 2.73. The van der Waals surface area contributed by atoms with E-state index in [1.807, 2.05) is 22.7 Å². The molecule has 0 atom stereocenters. The Hall–Kier alpha value is -1.26. The molecule has 6 rings (SSSR count). The van der Waals surface area contributed by atoms with E-state index >= 15 is 0 Å². The maximum absolute atomic E-state index is 4.93. The van der Waals surface area contributed by atoms with Gasteiger partial charge in [-0.05, 0) is 47.6 Å². The van der Waals surface area contributed by atoms with Crippen molar-refractivity contribution in [2.24, 2.45) is 11.8 Å². The van der Waals surface area contributed by atoms with Gasteiger partial charge in [0.25, 0.3) is 0 Å². The number of halogens is 2. The molecule has 218 valence electrons. The molecule has 2 heterocycles. The van der Waals surface area contributed by atoms with Crippen molar-refractivity contribution in [2.75, 3.05) is 0 Å². The molecule has 6 heteroatoms. The molecule has 0 unspecified atom stereocenters. The van der Waals surface area contributed by atoms with E-state index in [9.17, 15) is 0 Å². The van der Waals surface area contributed by atoms with Crippen molar-refractivity contribution in [3.05, 3.63) is 107 Å². The summed E-state index contributed by atoms with van der Waals surface area (Å²) in [6.45, 7) is 13.4. The summed E-state index contributed by atoms with van der Waals surface area (Å²) in [5, 5.41) is 9.83. The van der Waals surface area contributed by atoms with E-state index in [0.717, 1.165) is 9.52 Å². The second-order valence-electron chi connectivity index (χ2n) is 11.1. The molecule has 0 aliphatic rings. The fourth-order valence-corrected chi connectivity index (χ4v) is 6.60. The van der Waals surface area contributed by atoms with Gasteiger partial charge in [0.1, 0.15) is 0 Å². The zero-order valence-corrected chi connectivity index (χ0v) is 32.0. The summed E-state index contributed by atoms with van der Waals surface area (Å²) < 4.78 is 0. The second kappa shape index (κ2) is 18.5. The number of rotatable bonds is 6. The average molecular weight is 727 g/mol. The van der Waals surface area contributed by atoms with Crippen LogP contribution in [0.5, 0.6) is 0 Å². The van der Waals surface area contributed by atoms with Gasteiger partial charge < -0.3 is 0 Å². The molecule has 0 saturated heterocycles. The van der Waals surface area contributed by atoms with Crippen LogP contribution < -0.4 is 0 Å². The topological polar surface area (TPSA) is 0 Å². The fourth-order valence-electron chi connectivity index (χ4n) is 5.07. The Balaban J connectivity index is 0.000000195. The first-order valence-corrected chi connectivity index (χ1v) is 24.4. The molecular weight excluding hydrogens is 687 g/mol. The summed E-state index contributed by atoms with van der Waals surface area (Å²) >= 11 is 2.80. The third-order valence-corrected chi connectivity index (χ3v) is 8.29. The van der Waals surface area contributed by atoms with Gasteiger partial charge in [-0.25, -0.2) is 0 Å². The summed E-state index contributed by atoms with van der Waals surface area (Å²) in [6, 6.07) is 31.3. The van der Waals surface area contributed by atoms with Crippen molar-refractivity contribution >= 4 is 70.8 Å². The van der Waals surface area contributed by atoms with Crippen LogP contribution in [0.2, 0.25) is 13.1 Å². The standard InChI is InChI=1S/2C17H17S.C2H6Si.2ClH.Zr/c2*1-12(2)9-13-10-14-5-3-6-15(16(14)11-13)17-7-4-8-18-17;1-3-2;;;/h2*3-8,10-12H,9H2,1-2H3;1-2H3;2*1H;/q2*-1;;;;+4/p-2. The van der Waals surface area contributed by atoms with Crippen molar-refractivity contribution in [1.82, 2.24) is 0 Å². The van der Waals surface area contributed by atoms with Gasteiger partial charge in [-0.3, -0.25) is 0 Å². The van der Waals surface area contributed by atoms with Gasteiger partial charge >= 0.3 is 37.9 Å². The Morgan fingerprint density at radius 3 is 1.36 bits per heavy atom. The second-order valence-corrected chi connectivity index (χ2v) is 17.7. The molecule has 0 amide bonds. The van der Waals surface area contributed by atoms with Crippen molar-refractivity contribution in [1.29, 1.82) is 0 Å². The van der Waals surface area contributed by atoms with Gasteiger partial charge in [-0.1, -0.05) is 76.2 Å². The van der Waals surface area contributed by atoms with E-state index in [1.165, 1.54) is 66.4 Å². The molecule has 2 aromatic heterocycles. The number of hydrogen-bond donors (Lipinski definition) is 0. The van der Waals surface area contributed by atoms with Crippen LogP contribution in [0.4, 0.5) is 0 Å². The minimum atomic E-state index is -0.826. The van der Waals surface area contributed by atoms with Crippen LogP contribution in [-0.4, -0.2) is 9.52 Å². The Bertz CT molecular complexity index is 1460. The third kappa shape index (κ3) is 10.4. The summed E-state index contributed by atoms with van der Waals surface area (Å²) in [5.41, 5.74) is 5.67. The summed E-state index contributed by atoms with van der Waals surface area (Å²) in [6.07, 6.45) is 2.33. The molecule has 4 aromatic carbocycles. The Morgan fingerprint density at radius 1 is 0.667 bits per heavy atom. The first-order chi connectivity index (χ1) is 20.3. The van der Waals surface area contributed by atoms with Crippen LogP contribution in [-0.2, 0) is 33.7 Å². The number of benzene rings is 2. The van der Waals surface area contributed by atoms with Gasteiger partial charge in [-0.2, -0.15) is 12.1 Å². The average Bonchev–Trinajstić information content (AvgIpc) is 3.75. The molecule has 0 fully saturated rings. The number of thiophene rings is 2. The van der Waals surface area contributed by atoms with Crippen molar-refractivity contribution in [2.45, 2.75) is 53.6 Å². The molecule has 42 heavy (non-hydrogen) atoms. The SMILES string of the molecule is CC(C)Cc1cc2c(-c3cccs3)cccc2[cH-]1.CC(C)Cc1cc2c(-c3cccs3)cccc2[cH-]1.C[Si]C.[Cl][Zr+2][Cl]. The van der Waals surface area contributed by atoms with Crippen LogP contribution >= 0.6 is 39.7 Å². The third-order valence-electron chi connectivity index (χ3n) is 6.48. The molecular formula is C36H40Cl2S2SiZr. The van der Waals surface area contributed by atoms with Crippen LogP contribution in [0, 0.1) is 11.8 Å². The van der Waals surface area contributed by atoms with Crippen molar-refractivity contribution < 1.29 is 20.8 Å². The first kappa shape index (κ1) is 35.2. The van der Waals surface area contributed by atoms with Crippen LogP contribution in [0.1, 0.15) is 38.8 Å². The number of hydrogen-bond acceptors (Lipinski definition) is 2. The monoisotopic (exact) mass is 724 g/mol. The zero-order chi connectivity index (χ0) is 30.5. The van der Waals surface area contributed by atoms with Crippen molar-refractivity contribution in [3.8, 4) is 20.9 Å². The Labute approximate surface area is 282 Å². The molecule has 0 spiro atoms. The quantitative estimate of drug-likeness (QED) is 0.118. The molecule has 6 aromatic rings. The van der Waals surface area contributed by atoms with Gasteiger partial charge in [0.15, 0.2) is 0 Å². The molecule has 0 bridgehead atoms. The van der Waals surface area contributed by atoms with Gasteiger partial charge in [-0.15, -0.1) is 91.7 Å². The van der Waals surface area contributed by atoms with Crippen LogP contribution in [0.3, 0.4) is 0 Å². The Kier molecular flexibility index (Phi) is 15.5. The predicted molar refractivity (Wildman–Crippen MR) is 192 cm³/mol. The van der Waals surface area contributed by atoms with E-state index < -0.39 is 20.8 Å². The summed E-state index contributed by atoms with van der Waals surface area (Å²) in [7, 11) is 11.0. The predicted octanol–water partition coefficient (Wildman–Crippen LogP) is 13.1. The number of fused-ring (bicyclic) bond motifs is 2. The van der Waals surface area contributed by atoms with Crippen LogP contribution in [0.15, 0.2) is 95.7 Å². The molecule has 2 radical (unpaired) electrons. The van der Waals surface area contributed by atoms with E-state index in [4.69, 9.17) is 17.0 Å². The fraction of sp³-hybridized carbons (Fsp3) is 0.278. The van der Waals surface area contributed by atoms with Crippen molar-refractivity contribution in [3.63, 3.8) is 0 Å². The van der Waals surface area contributed by atoms with E-state index in [-0.39, 0.29) is 0 Å².